The van der Waals surface area contributed by atoms with E-state index >= 15 is 0 Å². The van der Waals surface area contributed by atoms with Crippen molar-refractivity contribution < 1.29 is 9.59 Å². The molecule has 0 atom stereocenters. The monoisotopic (exact) mass is 309 g/mol. The smallest absolute Gasteiger partial charge is 0.252 e. The third kappa shape index (κ3) is 3.43. The number of carbonyl (C=O) groups excluding carboxylic acids is 2. The first-order valence-electron chi connectivity index (χ1n) is 3.61. The molecule has 0 saturated carbocycles. The number of rotatable bonds is 3. The van der Waals surface area contributed by atoms with Crippen molar-refractivity contribution in [2.45, 2.75) is 6.92 Å². The summed E-state index contributed by atoms with van der Waals surface area (Å²) >= 11 is 3.66. The van der Waals surface area contributed by atoms with Gasteiger partial charge >= 0.3 is 0 Å². The highest BCUT2D eigenvalue weighted by atomic mass is 127. The molecule has 0 radical (unpaired) electrons. The molecule has 0 aliphatic carbocycles. The van der Waals surface area contributed by atoms with Gasteiger partial charge in [-0.05, 0) is 35.6 Å². The lowest BCUT2D eigenvalue weighted by atomic mass is 10.3. The van der Waals surface area contributed by atoms with Crippen LogP contribution in [0, 0.1) is 2.88 Å². The van der Waals surface area contributed by atoms with Crippen LogP contribution in [0.3, 0.4) is 0 Å². The van der Waals surface area contributed by atoms with Crippen molar-refractivity contribution in [3.05, 3.63) is 19.9 Å². The van der Waals surface area contributed by atoms with Gasteiger partial charge in [0.25, 0.3) is 5.91 Å². The molecule has 1 N–H and O–H groups in total. The van der Waals surface area contributed by atoms with E-state index < -0.39 is 0 Å². The molecule has 3 nitrogen and oxygen atoms in total. The maximum atomic E-state index is 11.3. The van der Waals surface area contributed by atoms with Gasteiger partial charge in [0.2, 0.25) is 0 Å². The number of nitrogens with one attached hydrogen (secondary N) is 1. The molecule has 1 amide bonds. The topological polar surface area (TPSA) is 46.2 Å². The van der Waals surface area contributed by atoms with Crippen LogP contribution in [0.15, 0.2) is 11.4 Å². The number of thiophene rings is 1. The lowest BCUT2D eigenvalue weighted by Crippen LogP contribution is -2.27. The molecule has 0 saturated heterocycles. The van der Waals surface area contributed by atoms with Crippen molar-refractivity contribution in [1.82, 2.24) is 5.32 Å². The van der Waals surface area contributed by atoms with E-state index in [2.05, 4.69) is 27.9 Å². The number of carbonyl (C=O) groups is 2. The fourth-order valence-corrected chi connectivity index (χ4v) is 2.06. The summed E-state index contributed by atoms with van der Waals surface area (Å²) in [5.74, 6) is -0.229. The van der Waals surface area contributed by atoms with Crippen LogP contribution in [0.2, 0.25) is 0 Å². The zero-order valence-corrected chi connectivity index (χ0v) is 9.94. The summed E-state index contributed by atoms with van der Waals surface area (Å²) < 4.78 is 1.06. The van der Waals surface area contributed by atoms with E-state index in [4.69, 9.17) is 0 Å². The molecule has 0 fully saturated rings. The van der Waals surface area contributed by atoms with Crippen molar-refractivity contribution >= 4 is 45.6 Å². The van der Waals surface area contributed by atoms with Crippen molar-refractivity contribution in [3.63, 3.8) is 0 Å². The Kier molecular flexibility index (Phi) is 3.86. The minimum absolute atomic E-state index is 0.0433. The van der Waals surface area contributed by atoms with Crippen molar-refractivity contribution in [1.29, 1.82) is 0 Å². The zero-order valence-electron chi connectivity index (χ0n) is 6.96. The van der Waals surface area contributed by atoms with Gasteiger partial charge in [0, 0.05) is 5.38 Å². The molecule has 70 valence electrons. The highest BCUT2D eigenvalue weighted by molar-refractivity contribution is 14.1. The number of ketones is 1. The van der Waals surface area contributed by atoms with E-state index in [1.807, 2.05) is 0 Å². The van der Waals surface area contributed by atoms with Crippen molar-refractivity contribution in [2.75, 3.05) is 6.54 Å². The first kappa shape index (κ1) is 10.6. The average Bonchev–Trinajstić information content (AvgIpc) is 2.47. The summed E-state index contributed by atoms with van der Waals surface area (Å²) in [6, 6.07) is 1.79. The van der Waals surface area contributed by atoms with Gasteiger partial charge in [-0.1, -0.05) is 0 Å². The van der Waals surface area contributed by atoms with Gasteiger partial charge in [-0.25, -0.2) is 0 Å². The summed E-state index contributed by atoms with van der Waals surface area (Å²) in [6.45, 7) is 1.54. The van der Waals surface area contributed by atoms with Crippen LogP contribution in [0.1, 0.15) is 17.3 Å². The molecule has 0 aliphatic rings. The Labute approximate surface area is 93.7 Å². The molecular weight excluding hydrogens is 301 g/mol. The largest absolute Gasteiger partial charge is 0.345 e. The first-order valence-corrected chi connectivity index (χ1v) is 5.57. The van der Waals surface area contributed by atoms with Crippen LogP contribution in [-0.2, 0) is 4.79 Å². The van der Waals surface area contributed by atoms with Crippen LogP contribution in [0.5, 0.6) is 0 Å². The molecule has 1 aromatic heterocycles. The Hall–Kier alpha value is -0.430. The summed E-state index contributed by atoms with van der Waals surface area (Å²) in [4.78, 5) is 21.9. The standard InChI is InChI=1S/C8H8INO2S/c1-5(11)3-10-8(12)6-2-7(9)13-4-6/h2,4H,3H2,1H3,(H,10,12). The molecule has 5 heteroatoms. The summed E-state index contributed by atoms with van der Waals surface area (Å²) in [5, 5.41) is 4.30. The third-order valence-corrected chi connectivity index (χ3v) is 3.12. The van der Waals surface area contributed by atoms with E-state index in [1.165, 1.54) is 18.3 Å². The molecule has 1 aromatic rings. The molecule has 13 heavy (non-hydrogen) atoms. The van der Waals surface area contributed by atoms with Crippen LogP contribution < -0.4 is 5.32 Å². The fourth-order valence-electron chi connectivity index (χ4n) is 0.736. The van der Waals surface area contributed by atoms with Gasteiger partial charge in [0.15, 0.2) is 0 Å². The lowest BCUT2D eigenvalue weighted by Gasteiger charge is -1.98. The van der Waals surface area contributed by atoms with Gasteiger partial charge < -0.3 is 5.32 Å². The van der Waals surface area contributed by atoms with E-state index in [-0.39, 0.29) is 18.2 Å². The predicted molar refractivity (Wildman–Crippen MR) is 60.1 cm³/mol. The maximum absolute atomic E-state index is 11.3. The number of hydrogen-bond acceptors (Lipinski definition) is 3. The fraction of sp³-hybridized carbons (Fsp3) is 0.250. The molecule has 0 bridgehead atoms. The molecular formula is C8H8INO2S. The van der Waals surface area contributed by atoms with Crippen LogP contribution in [0.4, 0.5) is 0 Å². The average molecular weight is 309 g/mol. The second-order valence-electron chi connectivity index (χ2n) is 2.52. The number of hydrogen-bond donors (Lipinski definition) is 1. The summed E-state index contributed by atoms with van der Waals surface area (Å²) in [6.07, 6.45) is 0. The van der Waals surface area contributed by atoms with Crippen molar-refractivity contribution in [3.8, 4) is 0 Å². The Balaban J connectivity index is 2.54. The Morgan fingerprint density at radius 1 is 1.62 bits per heavy atom. The number of amides is 1. The number of Topliss-reactive ketones (excluding diaryl/α,β-unsaturated/α-hetero) is 1. The van der Waals surface area contributed by atoms with E-state index in [9.17, 15) is 9.59 Å². The minimum Gasteiger partial charge on any atom is -0.345 e. The maximum Gasteiger partial charge on any atom is 0.252 e. The van der Waals surface area contributed by atoms with Crippen LogP contribution in [-0.4, -0.2) is 18.2 Å². The quantitative estimate of drug-likeness (QED) is 0.864. The first-order chi connectivity index (χ1) is 6.09. The normalized spacial score (nSPS) is 9.69. The molecule has 0 unspecified atom stereocenters. The van der Waals surface area contributed by atoms with Gasteiger partial charge in [0.05, 0.1) is 15.0 Å². The number of halogens is 1. The van der Waals surface area contributed by atoms with E-state index in [0.29, 0.717) is 5.56 Å². The van der Waals surface area contributed by atoms with Gasteiger partial charge in [0.1, 0.15) is 5.78 Å². The zero-order chi connectivity index (χ0) is 9.84. The third-order valence-electron chi connectivity index (χ3n) is 1.33. The molecule has 1 heterocycles. The lowest BCUT2D eigenvalue weighted by molar-refractivity contribution is -0.116. The molecule has 1 rings (SSSR count). The molecule has 0 aliphatic heterocycles. The van der Waals surface area contributed by atoms with Gasteiger partial charge in [-0.2, -0.15) is 0 Å². The van der Waals surface area contributed by atoms with E-state index in [1.54, 1.807) is 11.4 Å². The highest BCUT2D eigenvalue weighted by Gasteiger charge is 2.07. The molecule has 0 aromatic carbocycles. The Morgan fingerprint density at radius 3 is 2.77 bits per heavy atom. The van der Waals surface area contributed by atoms with Gasteiger partial charge in [-0.15, -0.1) is 11.3 Å². The van der Waals surface area contributed by atoms with E-state index in [0.717, 1.165) is 2.88 Å². The van der Waals surface area contributed by atoms with Gasteiger partial charge in [-0.3, -0.25) is 9.59 Å². The predicted octanol–water partition coefficient (Wildman–Crippen LogP) is 1.67. The second-order valence-corrected chi connectivity index (χ2v) is 5.33. The van der Waals surface area contributed by atoms with Crippen molar-refractivity contribution in [2.24, 2.45) is 0 Å². The van der Waals surface area contributed by atoms with Crippen LogP contribution >= 0.6 is 33.9 Å². The minimum atomic E-state index is -0.186. The second kappa shape index (κ2) is 4.71. The molecule has 0 spiro atoms. The Bertz CT molecular complexity index is 335. The summed E-state index contributed by atoms with van der Waals surface area (Å²) in [5.41, 5.74) is 0.621. The summed E-state index contributed by atoms with van der Waals surface area (Å²) in [7, 11) is 0. The van der Waals surface area contributed by atoms with Crippen LogP contribution in [0.25, 0.3) is 0 Å². The Morgan fingerprint density at radius 2 is 2.31 bits per heavy atom. The SMILES string of the molecule is CC(=O)CNC(=O)c1csc(I)c1. The highest BCUT2D eigenvalue weighted by Crippen LogP contribution is 2.16.